The zero-order chi connectivity index (χ0) is 55.2. The number of hydrogen-bond acceptors (Lipinski definition) is 2. The Morgan fingerprint density at radius 3 is 1.26 bits per heavy atom. The van der Waals surface area contributed by atoms with Crippen LogP contribution in [0.4, 0.5) is 22.7 Å². The zero-order valence-electron chi connectivity index (χ0n) is 48.8. The highest BCUT2D eigenvalue weighted by Gasteiger charge is 2.18. The molecule has 2 N–H and O–H groups in total. The summed E-state index contributed by atoms with van der Waals surface area (Å²) in [4.78, 5) is 0. The van der Waals surface area contributed by atoms with E-state index in [1.807, 2.05) is 0 Å². The molecule has 0 aliphatic carbocycles. The molecule has 10 aromatic rings. The van der Waals surface area contributed by atoms with Gasteiger partial charge in [0, 0.05) is 22.7 Å². The maximum atomic E-state index is 3.74. The summed E-state index contributed by atoms with van der Waals surface area (Å²) in [7, 11) is 0. The Hall–Kier alpha value is -7.68. The highest BCUT2D eigenvalue weighted by molar-refractivity contribution is 6.09. The van der Waals surface area contributed by atoms with Crippen LogP contribution in [0.2, 0.25) is 0 Å². The second kappa shape index (κ2) is 27.0. The van der Waals surface area contributed by atoms with Gasteiger partial charge in [-0.2, -0.15) is 0 Å². The van der Waals surface area contributed by atoms with Gasteiger partial charge >= 0.3 is 0 Å². The Morgan fingerprint density at radius 1 is 0.312 bits per heavy atom. The average Bonchev–Trinajstić information content (AvgIpc) is 3.66. The molecule has 10 aromatic carbocycles. The Kier molecular flexibility index (Phi) is 18.8. The third-order valence-electron chi connectivity index (χ3n) is 16.9. The molecule has 0 atom stereocenters. The van der Waals surface area contributed by atoms with Gasteiger partial charge in [0.15, 0.2) is 0 Å². The second-order valence-corrected chi connectivity index (χ2v) is 22.6. The van der Waals surface area contributed by atoms with Gasteiger partial charge in [0.25, 0.3) is 0 Å². The first-order valence-corrected chi connectivity index (χ1v) is 30.6. The topological polar surface area (TPSA) is 24.1 Å². The molecule has 0 unspecified atom stereocenters. The van der Waals surface area contributed by atoms with E-state index in [0.29, 0.717) is 0 Å². The maximum Gasteiger partial charge on any atom is 0.0387 e. The van der Waals surface area contributed by atoms with E-state index in [1.165, 1.54) is 200 Å². The van der Waals surface area contributed by atoms with Crippen molar-refractivity contribution >= 4 is 44.3 Å². The summed E-state index contributed by atoms with van der Waals surface area (Å²) in [5, 5.41) is 12.5. The number of anilines is 4. The normalized spacial score (nSPS) is 11.4. The van der Waals surface area contributed by atoms with Crippen molar-refractivity contribution in [2.24, 2.45) is 0 Å². The monoisotopic (exact) mass is 1050 g/mol. The summed E-state index contributed by atoms with van der Waals surface area (Å²) in [5.74, 6) is 0. The molecule has 0 heterocycles. The molecule has 0 bridgehead atoms. The molecule has 2 heteroatoms. The summed E-state index contributed by atoms with van der Waals surface area (Å²) < 4.78 is 0. The van der Waals surface area contributed by atoms with Crippen molar-refractivity contribution < 1.29 is 0 Å². The van der Waals surface area contributed by atoms with E-state index < -0.39 is 0 Å². The van der Waals surface area contributed by atoms with Crippen LogP contribution in [-0.4, -0.2) is 0 Å². The Bertz CT molecular complexity index is 3640. The second-order valence-electron chi connectivity index (χ2n) is 22.6. The van der Waals surface area contributed by atoms with Gasteiger partial charge in [-0.15, -0.1) is 0 Å². The summed E-state index contributed by atoms with van der Waals surface area (Å²) >= 11 is 0. The molecule has 0 saturated heterocycles. The van der Waals surface area contributed by atoms with E-state index in [9.17, 15) is 0 Å². The van der Waals surface area contributed by atoms with Gasteiger partial charge in [0.1, 0.15) is 0 Å². The van der Waals surface area contributed by atoms with Gasteiger partial charge in [-0.1, -0.05) is 225 Å². The quantitative estimate of drug-likeness (QED) is 0.0558. The minimum absolute atomic E-state index is 0.975. The van der Waals surface area contributed by atoms with Crippen molar-refractivity contribution in [3.05, 3.63) is 228 Å². The number of benzene rings is 10. The minimum atomic E-state index is 0.975. The molecule has 0 fully saturated rings. The number of nitrogens with one attached hydrogen (secondary N) is 2. The molecule has 0 aliphatic heterocycles. The Labute approximate surface area is 479 Å². The average molecular weight is 1050 g/mol. The molecule has 0 saturated carbocycles. The number of fused-ring (bicyclic) bond motifs is 2. The van der Waals surface area contributed by atoms with Gasteiger partial charge in [-0.3, -0.25) is 0 Å². The van der Waals surface area contributed by atoms with Gasteiger partial charge in [-0.05, 0) is 224 Å². The van der Waals surface area contributed by atoms with Gasteiger partial charge in [0.05, 0.1) is 0 Å². The van der Waals surface area contributed by atoms with Crippen molar-refractivity contribution in [2.45, 2.75) is 144 Å². The first-order valence-electron chi connectivity index (χ1n) is 30.6. The molecule has 10 rings (SSSR count). The van der Waals surface area contributed by atoms with Crippen LogP contribution in [0.5, 0.6) is 0 Å². The van der Waals surface area contributed by atoms with Crippen LogP contribution < -0.4 is 10.6 Å². The lowest BCUT2D eigenvalue weighted by atomic mass is 9.85. The third kappa shape index (κ3) is 13.3. The Morgan fingerprint density at radius 2 is 0.738 bits per heavy atom. The van der Waals surface area contributed by atoms with E-state index in [2.05, 4.69) is 246 Å². The summed E-state index contributed by atoms with van der Waals surface area (Å²) in [6.07, 6.45) is 20.3. The van der Waals surface area contributed by atoms with Crippen LogP contribution in [0.1, 0.15) is 138 Å². The summed E-state index contributed by atoms with van der Waals surface area (Å²) in [5.41, 5.74) is 25.3. The van der Waals surface area contributed by atoms with E-state index in [0.717, 1.165) is 35.6 Å². The van der Waals surface area contributed by atoms with Crippen molar-refractivity contribution in [1.82, 2.24) is 0 Å². The molecule has 0 aliphatic rings. The lowest BCUT2D eigenvalue weighted by molar-refractivity contribution is 0.607. The number of unbranched alkanes of at least 4 members (excludes halogenated alkanes) is 10. The number of aryl methyl sites for hydroxylation is 5. The Balaban J connectivity index is 0.833. The predicted molar refractivity (Wildman–Crippen MR) is 350 cm³/mol. The van der Waals surface area contributed by atoms with E-state index in [1.54, 1.807) is 0 Å². The fourth-order valence-electron chi connectivity index (χ4n) is 12.3. The van der Waals surface area contributed by atoms with Crippen molar-refractivity contribution in [1.29, 1.82) is 0 Å². The van der Waals surface area contributed by atoms with E-state index in [4.69, 9.17) is 0 Å². The third-order valence-corrected chi connectivity index (χ3v) is 16.9. The smallest absolute Gasteiger partial charge is 0.0387 e. The van der Waals surface area contributed by atoms with E-state index >= 15 is 0 Å². The molecular formula is C78H84N2. The molecular weight excluding hydrogens is 965 g/mol. The molecule has 0 aromatic heterocycles. The van der Waals surface area contributed by atoms with Crippen LogP contribution >= 0.6 is 0 Å². The molecule has 0 spiro atoms. The molecule has 406 valence electrons. The summed E-state index contributed by atoms with van der Waals surface area (Å²) in [6.45, 7) is 13.7. The number of rotatable bonds is 25. The van der Waals surface area contributed by atoms with Gasteiger partial charge in [-0.25, -0.2) is 0 Å². The van der Waals surface area contributed by atoms with E-state index in [-0.39, 0.29) is 0 Å². The van der Waals surface area contributed by atoms with Crippen LogP contribution in [0.3, 0.4) is 0 Å². The SMILES string of the molecule is CCCCCCCCc1ccc(-c2ccc(Nc3ccc(-c4cc5cccc(-c6c(C)c(-c7ccc(Nc8ccc(-c9ccc(CCCCCCCC)cc9)c(CC)c8)cc7)cc7ccccc67)c5cc4C)cc3)cc2CC)cc1. The standard InChI is InChI=1S/C78H84N2/c1-7-11-13-15-17-19-24-57-30-34-61(35-31-57)71-48-46-69(51-59(71)9-3)79-67-42-38-63(39-43-67)75-53-66-27-23-29-74(77(66)50-55(75)5)78-56(6)76(54-65-26-21-22-28-73(65)78)64-40-44-68(45-41-64)80-70-47-49-72(60(10-4)52-70)62-36-32-58(33-37-62)25-20-18-16-14-12-8-2/h21-23,26-54,79-80H,7-20,24-25H2,1-6H3. The van der Waals surface area contributed by atoms with Crippen LogP contribution in [0, 0.1) is 13.8 Å². The predicted octanol–water partition coefficient (Wildman–Crippen LogP) is 23.4. The zero-order valence-corrected chi connectivity index (χ0v) is 48.8. The first kappa shape index (κ1) is 55.6. The molecule has 2 nitrogen and oxygen atoms in total. The lowest BCUT2D eigenvalue weighted by Crippen LogP contribution is -1.96. The minimum Gasteiger partial charge on any atom is -0.356 e. The first-order chi connectivity index (χ1) is 39.3. The maximum absolute atomic E-state index is 3.74. The molecule has 80 heavy (non-hydrogen) atoms. The van der Waals surface area contributed by atoms with Crippen molar-refractivity contribution in [3.8, 4) is 55.6 Å². The molecule has 0 amide bonds. The van der Waals surface area contributed by atoms with Gasteiger partial charge in [0.2, 0.25) is 0 Å². The van der Waals surface area contributed by atoms with Gasteiger partial charge < -0.3 is 10.6 Å². The van der Waals surface area contributed by atoms with Crippen molar-refractivity contribution in [2.75, 3.05) is 10.6 Å². The highest BCUT2D eigenvalue weighted by atomic mass is 14.9. The fraction of sp³-hybridized carbons (Fsp3) is 0.282. The highest BCUT2D eigenvalue weighted by Crippen LogP contribution is 2.43. The summed E-state index contributed by atoms with van der Waals surface area (Å²) in [6, 6.07) is 73.2. The van der Waals surface area contributed by atoms with Crippen LogP contribution in [0.15, 0.2) is 194 Å². The lowest BCUT2D eigenvalue weighted by Gasteiger charge is -2.19. The number of hydrogen-bond donors (Lipinski definition) is 2. The largest absolute Gasteiger partial charge is 0.356 e. The van der Waals surface area contributed by atoms with Crippen LogP contribution in [0.25, 0.3) is 77.2 Å². The molecule has 0 radical (unpaired) electrons. The fourth-order valence-corrected chi connectivity index (χ4v) is 12.3. The van der Waals surface area contributed by atoms with Crippen molar-refractivity contribution in [3.63, 3.8) is 0 Å². The van der Waals surface area contributed by atoms with Crippen LogP contribution in [-0.2, 0) is 25.7 Å².